The summed E-state index contributed by atoms with van der Waals surface area (Å²) < 4.78 is 69.9. The third-order valence-corrected chi connectivity index (χ3v) is 11.5. The van der Waals surface area contributed by atoms with E-state index in [0.717, 1.165) is 5.56 Å². The number of nitrogen functional groups attached to an aromatic ring is 1. The number of nitrogens with two attached hydrogens (primary N) is 2. The van der Waals surface area contributed by atoms with E-state index in [0.29, 0.717) is 33.7 Å². The van der Waals surface area contributed by atoms with Crippen molar-refractivity contribution in [3.05, 3.63) is 90.0 Å². The van der Waals surface area contributed by atoms with Gasteiger partial charge in [-0.1, -0.05) is 42.5 Å². The van der Waals surface area contributed by atoms with Gasteiger partial charge in [0.1, 0.15) is 16.4 Å². The average Bonchev–Trinajstić information content (AvgIpc) is 3.76. The Morgan fingerprint density at radius 1 is 0.902 bits per heavy atom. The van der Waals surface area contributed by atoms with Crippen molar-refractivity contribution in [1.29, 1.82) is 0 Å². The molecule has 0 aliphatic rings. The van der Waals surface area contributed by atoms with Gasteiger partial charge in [-0.25, -0.2) is 26.5 Å². The van der Waals surface area contributed by atoms with Gasteiger partial charge in [-0.05, 0) is 58.3 Å². The van der Waals surface area contributed by atoms with Crippen LogP contribution in [-0.2, 0) is 33.0 Å². The first-order valence-electron chi connectivity index (χ1n) is 15.5. The van der Waals surface area contributed by atoms with Crippen molar-refractivity contribution in [2.45, 2.75) is 29.0 Å². The number of aliphatic hydroxyl groups is 1. The molecule has 6 aromatic rings. The van der Waals surface area contributed by atoms with Crippen LogP contribution >= 0.6 is 0 Å². The van der Waals surface area contributed by atoms with Crippen molar-refractivity contribution in [1.82, 2.24) is 34.9 Å². The summed E-state index contributed by atoms with van der Waals surface area (Å²) >= 11 is 0. The van der Waals surface area contributed by atoms with Crippen LogP contribution in [0.1, 0.15) is 11.1 Å². The van der Waals surface area contributed by atoms with E-state index in [9.17, 15) is 21.9 Å². The number of tetrazole rings is 1. The van der Waals surface area contributed by atoms with Gasteiger partial charge in [-0.15, -0.1) is 10.2 Å². The highest BCUT2D eigenvalue weighted by atomic mass is 32.2. The molecule has 0 bridgehead atoms. The number of para-hydroxylation sites is 1. The minimum atomic E-state index is -4.70. The molecule has 0 unspecified atom stereocenters. The summed E-state index contributed by atoms with van der Waals surface area (Å²) in [7, 11) is -6.14. The molecule has 51 heavy (non-hydrogen) atoms. The number of anilines is 1. The van der Waals surface area contributed by atoms with Crippen molar-refractivity contribution in [2.24, 2.45) is 5.73 Å². The van der Waals surface area contributed by atoms with Gasteiger partial charge in [-0.3, -0.25) is 0 Å². The normalized spacial score (nSPS) is 12.6. The number of imidazole rings is 1. The van der Waals surface area contributed by atoms with Crippen molar-refractivity contribution < 1.29 is 31.4 Å². The number of aliphatic hydroxyl groups excluding tert-OH is 1. The van der Waals surface area contributed by atoms with Gasteiger partial charge >= 0.3 is 0 Å². The monoisotopic (exact) mass is 733 g/mol. The van der Waals surface area contributed by atoms with E-state index in [2.05, 4.69) is 30.1 Å². The molecule has 266 valence electrons. The molecule has 0 aliphatic heterocycles. The maximum atomic E-state index is 14.5. The van der Waals surface area contributed by atoms with E-state index >= 15 is 0 Å². The fraction of sp³-hybridized carbons (Fsp3) is 0.212. The number of hydrogen-bond donors (Lipinski definition) is 5. The van der Waals surface area contributed by atoms with Crippen molar-refractivity contribution >= 4 is 36.8 Å². The quantitative estimate of drug-likeness (QED) is 0.108. The highest BCUT2D eigenvalue weighted by Crippen LogP contribution is 2.41. The maximum Gasteiger partial charge on any atom is 0.242 e. The molecule has 0 saturated carbocycles. The number of methoxy groups -OCH3 is 2. The highest BCUT2D eigenvalue weighted by molar-refractivity contribution is 7.93. The van der Waals surface area contributed by atoms with Crippen LogP contribution in [-0.4, -0.2) is 84.7 Å². The molecule has 7 N–H and O–H groups in total. The third kappa shape index (κ3) is 7.54. The largest absolute Gasteiger partial charge is 0.497 e. The zero-order valence-electron chi connectivity index (χ0n) is 27.5. The molecule has 0 amide bonds. The molecule has 4 aromatic carbocycles. The number of rotatable bonds is 14. The van der Waals surface area contributed by atoms with Gasteiger partial charge in [0.2, 0.25) is 15.8 Å². The minimum absolute atomic E-state index is 0.117. The minimum Gasteiger partial charge on any atom is -0.497 e. The van der Waals surface area contributed by atoms with Gasteiger partial charge in [0.25, 0.3) is 0 Å². The Balaban J connectivity index is 1.58. The number of ether oxygens (including phenoxy) is 2. The SMILES string of the molecule is COc1ccc(CNS(=O)(=O)c2c(S(=O)(=O)C[C@@H](O)CN)ccc(-c3cccc4[nH]c(N)nc34)c2-c2nnn(Cc3ccc(OC)cc3)n2)cc1. The molecule has 6 rings (SSSR count). The van der Waals surface area contributed by atoms with Crippen LogP contribution in [0.4, 0.5) is 5.95 Å². The zero-order valence-corrected chi connectivity index (χ0v) is 29.1. The van der Waals surface area contributed by atoms with Gasteiger partial charge in [0.15, 0.2) is 15.8 Å². The molecule has 2 heterocycles. The topological polar surface area (TPSA) is 243 Å². The summed E-state index contributed by atoms with van der Waals surface area (Å²) in [6.07, 6.45) is -1.47. The number of nitrogens with one attached hydrogen (secondary N) is 2. The summed E-state index contributed by atoms with van der Waals surface area (Å²) in [6, 6.07) is 21.6. The van der Waals surface area contributed by atoms with E-state index in [1.54, 1.807) is 61.7 Å². The smallest absolute Gasteiger partial charge is 0.242 e. The molecule has 0 radical (unpaired) electrons. The lowest BCUT2D eigenvalue weighted by Crippen LogP contribution is -2.31. The van der Waals surface area contributed by atoms with E-state index in [-0.39, 0.29) is 42.5 Å². The first-order chi connectivity index (χ1) is 24.4. The molecule has 2 aromatic heterocycles. The molecular weight excluding hydrogens is 699 g/mol. The Hall–Kier alpha value is -5.40. The predicted molar refractivity (Wildman–Crippen MR) is 189 cm³/mol. The fourth-order valence-electron chi connectivity index (χ4n) is 5.50. The molecule has 16 nitrogen and oxygen atoms in total. The van der Waals surface area contributed by atoms with Crippen LogP contribution in [0.15, 0.2) is 88.7 Å². The predicted octanol–water partition coefficient (Wildman–Crippen LogP) is 2.10. The first kappa shape index (κ1) is 35.4. The number of aromatic amines is 1. The summed E-state index contributed by atoms with van der Waals surface area (Å²) in [4.78, 5) is 7.41. The van der Waals surface area contributed by atoms with Gasteiger partial charge < -0.3 is 31.0 Å². The molecule has 18 heteroatoms. The molecule has 0 fully saturated rings. The highest BCUT2D eigenvalue weighted by Gasteiger charge is 2.35. The van der Waals surface area contributed by atoms with Gasteiger partial charge in [0.05, 0.1) is 54.1 Å². The number of sulfone groups is 1. The Bertz CT molecular complexity index is 2400. The number of hydrogen-bond acceptors (Lipinski definition) is 13. The number of aromatic nitrogens is 6. The molecule has 0 aliphatic carbocycles. The summed E-state index contributed by atoms with van der Waals surface area (Å²) in [6.45, 7) is -0.425. The van der Waals surface area contributed by atoms with Crippen LogP contribution < -0.4 is 25.7 Å². The number of nitrogens with zero attached hydrogens (tertiary/aromatic N) is 5. The van der Waals surface area contributed by atoms with Crippen LogP contribution in [0.5, 0.6) is 11.5 Å². The van der Waals surface area contributed by atoms with E-state index in [4.69, 9.17) is 20.9 Å². The van der Waals surface area contributed by atoms with Crippen molar-refractivity contribution in [3.8, 4) is 34.0 Å². The molecule has 0 saturated heterocycles. The maximum absolute atomic E-state index is 14.5. The second-order valence-electron chi connectivity index (χ2n) is 11.5. The summed E-state index contributed by atoms with van der Waals surface area (Å²) in [5, 5.41) is 23.3. The second-order valence-corrected chi connectivity index (χ2v) is 15.2. The molecule has 1 atom stereocenters. The summed E-state index contributed by atoms with van der Waals surface area (Å²) in [5.74, 6) is 0.317. The lowest BCUT2D eigenvalue weighted by molar-refractivity contribution is 0.205. The van der Waals surface area contributed by atoms with Gasteiger partial charge in [0, 0.05) is 18.7 Å². The van der Waals surface area contributed by atoms with Crippen molar-refractivity contribution in [2.75, 3.05) is 32.3 Å². The standard InChI is InChI=1S/C33H35N9O7S2/c1-48-23-10-6-20(7-11-23)17-36-51(46,47)31-28(50(44,45)19-22(43)16-34)15-14-25(26-4-3-5-27-30(26)38-33(35)37-27)29(31)32-39-41-42(40-32)18-21-8-12-24(49-2)13-9-21/h3-15,22,36,43H,16-19,34H2,1-2H3,(H3,35,37,38)/t22-/m0/s1. The molecule has 0 spiro atoms. The number of benzene rings is 4. The Labute approximate surface area is 293 Å². The molecular formula is C33H35N9O7S2. The summed E-state index contributed by atoms with van der Waals surface area (Å²) in [5.41, 5.74) is 14.4. The van der Waals surface area contributed by atoms with Crippen molar-refractivity contribution in [3.63, 3.8) is 0 Å². The van der Waals surface area contributed by atoms with Crippen LogP contribution in [0.2, 0.25) is 0 Å². The lowest BCUT2D eigenvalue weighted by Gasteiger charge is -2.19. The number of fused-ring (bicyclic) bond motifs is 1. The number of H-pyrrole nitrogens is 1. The van der Waals surface area contributed by atoms with Crippen LogP contribution in [0.3, 0.4) is 0 Å². The van der Waals surface area contributed by atoms with E-state index in [1.165, 1.54) is 24.0 Å². The zero-order chi connectivity index (χ0) is 36.3. The Kier molecular flexibility index (Phi) is 10.0. The Morgan fingerprint density at radius 2 is 1.57 bits per heavy atom. The first-order valence-corrected chi connectivity index (χ1v) is 18.6. The van der Waals surface area contributed by atoms with E-state index < -0.39 is 41.5 Å². The average molecular weight is 734 g/mol. The fourth-order valence-corrected chi connectivity index (χ4v) is 9.00. The van der Waals surface area contributed by atoms with Crippen LogP contribution in [0, 0.1) is 0 Å². The number of sulfonamides is 1. The van der Waals surface area contributed by atoms with E-state index in [1.807, 2.05) is 12.1 Å². The lowest BCUT2D eigenvalue weighted by atomic mass is 9.98. The second kappa shape index (κ2) is 14.4. The Morgan fingerprint density at radius 3 is 2.22 bits per heavy atom. The van der Waals surface area contributed by atoms with Crippen LogP contribution in [0.25, 0.3) is 33.5 Å². The van der Waals surface area contributed by atoms with Gasteiger partial charge in [-0.2, -0.15) is 4.80 Å². The third-order valence-electron chi connectivity index (χ3n) is 8.02.